The molecular formula is C16H19N5O2. The molecule has 0 unspecified atom stereocenters. The van der Waals surface area contributed by atoms with Crippen LogP contribution in [-0.2, 0) is 6.54 Å². The van der Waals surface area contributed by atoms with Gasteiger partial charge in [-0.1, -0.05) is 30.3 Å². The summed E-state index contributed by atoms with van der Waals surface area (Å²) in [5.41, 5.74) is 1.24. The SMILES string of the molecule is O=[N+]([O-])c1cnc(NC2CCN(Cc3ccccc3)CC2)nc1. The number of nitrogens with one attached hydrogen (secondary N) is 1. The van der Waals surface area contributed by atoms with Gasteiger partial charge in [0.05, 0.1) is 4.92 Å². The molecule has 23 heavy (non-hydrogen) atoms. The molecule has 1 N–H and O–H groups in total. The van der Waals surface area contributed by atoms with Crippen LogP contribution in [0.4, 0.5) is 11.6 Å². The Labute approximate surface area is 134 Å². The summed E-state index contributed by atoms with van der Waals surface area (Å²) in [6.07, 6.45) is 4.49. The smallest absolute Gasteiger partial charge is 0.305 e. The van der Waals surface area contributed by atoms with E-state index in [4.69, 9.17) is 0 Å². The molecule has 0 amide bonds. The lowest BCUT2D eigenvalue weighted by Gasteiger charge is -2.32. The molecule has 0 aliphatic carbocycles. The van der Waals surface area contributed by atoms with Crippen LogP contribution >= 0.6 is 0 Å². The van der Waals surface area contributed by atoms with Gasteiger partial charge in [0.2, 0.25) is 5.95 Å². The third kappa shape index (κ3) is 4.23. The summed E-state index contributed by atoms with van der Waals surface area (Å²) in [6, 6.07) is 10.8. The largest absolute Gasteiger partial charge is 0.351 e. The van der Waals surface area contributed by atoms with E-state index in [1.165, 1.54) is 18.0 Å². The van der Waals surface area contributed by atoms with E-state index in [2.05, 4.69) is 44.5 Å². The van der Waals surface area contributed by atoms with Gasteiger partial charge in [0.15, 0.2) is 0 Å². The number of hydrogen-bond donors (Lipinski definition) is 1. The van der Waals surface area contributed by atoms with Gasteiger partial charge in [0.1, 0.15) is 12.4 Å². The fraction of sp³-hybridized carbons (Fsp3) is 0.375. The molecule has 7 heteroatoms. The van der Waals surface area contributed by atoms with Crippen molar-refractivity contribution in [2.75, 3.05) is 18.4 Å². The molecule has 1 saturated heterocycles. The van der Waals surface area contributed by atoms with Crippen molar-refractivity contribution < 1.29 is 4.92 Å². The molecule has 1 aromatic carbocycles. The van der Waals surface area contributed by atoms with E-state index in [9.17, 15) is 10.1 Å². The molecule has 2 aromatic rings. The van der Waals surface area contributed by atoms with Crippen LogP contribution in [0.15, 0.2) is 42.7 Å². The van der Waals surface area contributed by atoms with Crippen molar-refractivity contribution >= 4 is 11.6 Å². The van der Waals surface area contributed by atoms with Gasteiger partial charge in [0, 0.05) is 25.7 Å². The Morgan fingerprint density at radius 2 is 1.83 bits per heavy atom. The number of aromatic nitrogens is 2. The molecule has 0 atom stereocenters. The quantitative estimate of drug-likeness (QED) is 0.674. The molecule has 2 heterocycles. The topological polar surface area (TPSA) is 84.2 Å². The normalized spacial score (nSPS) is 16.2. The summed E-state index contributed by atoms with van der Waals surface area (Å²) in [6.45, 7) is 3.00. The standard InChI is InChI=1S/C16H19N5O2/c22-21(23)15-10-17-16(18-11-15)19-14-6-8-20(9-7-14)12-13-4-2-1-3-5-13/h1-5,10-11,14H,6-9,12H2,(H,17,18,19). The average molecular weight is 313 g/mol. The van der Waals surface area contributed by atoms with E-state index in [1.54, 1.807) is 0 Å². The molecule has 1 fully saturated rings. The van der Waals surface area contributed by atoms with E-state index in [0.29, 0.717) is 12.0 Å². The van der Waals surface area contributed by atoms with Crippen LogP contribution in [0.3, 0.4) is 0 Å². The van der Waals surface area contributed by atoms with Crippen molar-refractivity contribution in [2.24, 2.45) is 0 Å². The third-order valence-electron chi connectivity index (χ3n) is 4.02. The summed E-state index contributed by atoms with van der Waals surface area (Å²) in [5.74, 6) is 0.456. The second-order valence-corrected chi connectivity index (χ2v) is 5.70. The maximum Gasteiger partial charge on any atom is 0.305 e. The zero-order valence-electron chi connectivity index (χ0n) is 12.8. The van der Waals surface area contributed by atoms with E-state index < -0.39 is 4.92 Å². The first-order valence-electron chi connectivity index (χ1n) is 7.70. The number of piperidine rings is 1. The number of nitrogens with zero attached hydrogens (tertiary/aromatic N) is 4. The average Bonchev–Trinajstić information content (AvgIpc) is 2.58. The molecule has 0 saturated carbocycles. The highest BCUT2D eigenvalue weighted by Crippen LogP contribution is 2.17. The number of nitro groups is 1. The van der Waals surface area contributed by atoms with Crippen molar-refractivity contribution in [3.05, 3.63) is 58.4 Å². The Morgan fingerprint density at radius 1 is 1.17 bits per heavy atom. The molecule has 120 valence electrons. The zero-order chi connectivity index (χ0) is 16.1. The van der Waals surface area contributed by atoms with Crippen molar-refractivity contribution in [3.8, 4) is 0 Å². The number of rotatable bonds is 5. The van der Waals surface area contributed by atoms with E-state index in [1.807, 2.05) is 6.07 Å². The predicted molar refractivity (Wildman–Crippen MR) is 87.1 cm³/mol. The number of anilines is 1. The molecule has 0 radical (unpaired) electrons. The van der Waals surface area contributed by atoms with Gasteiger partial charge in [-0.3, -0.25) is 15.0 Å². The van der Waals surface area contributed by atoms with Gasteiger partial charge in [-0.25, -0.2) is 9.97 Å². The highest BCUT2D eigenvalue weighted by molar-refractivity contribution is 5.31. The Morgan fingerprint density at radius 3 is 2.43 bits per heavy atom. The molecule has 1 aliphatic heterocycles. The van der Waals surface area contributed by atoms with Crippen molar-refractivity contribution in [2.45, 2.75) is 25.4 Å². The van der Waals surface area contributed by atoms with Gasteiger partial charge in [-0.05, 0) is 18.4 Å². The van der Waals surface area contributed by atoms with Gasteiger partial charge in [0.25, 0.3) is 0 Å². The maximum atomic E-state index is 10.6. The maximum absolute atomic E-state index is 10.6. The van der Waals surface area contributed by atoms with Gasteiger partial charge in [-0.2, -0.15) is 0 Å². The molecular weight excluding hydrogens is 294 g/mol. The van der Waals surface area contributed by atoms with Crippen LogP contribution in [0.25, 0.3) is 0 Å². The van der Waals surface area contributed by atoms with E-state index >= 15 is 0 Å². The minimum Gasteiger partial charge on any atom is -0.351 e. The summed E-state index contributed by atoms with van der Waals surface area (Å²) < 4.78 is 0. The minimum atomic E-state index is -0.494. The summed E-state index contributed by atoms with van der Waals surface area (Å²) in [5, 5.41) is 13.8. The molecule has 7 nitrogen and oxygen atoms in total. The first-order valence-corrected chi connectivity index (χ1v) is 7.70. The minimum absolute atomic E-state index is 0.0896. The monoisotopic (exact) mass is 313 g/mol. The summed E-state index contributed by atoms with van der Waals surface area (Å²) in [4.78, 5) is 20.5. The van der Waals surface area contributed by atoms with Crippen molar-refractivity contribution in [1.82, 2.24) is 14.9 Å². The van der Waals surface area contributed by atoms with Crippen LogP contribution in [0.1, 0.15) is 18.4 Å². The van der Waals surface area contributed by atoms with Gasteiger partial charge >= 0.3 is 5.69 Å². The van der Waals surface area contributed by atoms with E-state index in [0.717, 1.165) is 32.5 Å². The Bertz CT molecular complexity index is 639. The highest BCUT2D eigenvalue weighted by atomic mass is 16.6. The van der Waals surface area contributed by atoms with Crippen LogP contribution in [0.5, 0.6) is 0 Å². The summed E-state index contributed by atoms with van der Waals surface area (Å²) >= 11 is 0. The second kappa shape index (κ2) is 7.15. The van der Waals surface area contributed by atoms with Crippen molar-refractivity contribution in [3.63, 3.8) is 0 Å². The Kier molecular flexibility index (Phi) is 4.77. The van der Waals surface area contributed by atoms with Crippen LogP contribution < -0.4 is 5.32 Å². The lowest BCUT2D eigenvalue weighted by Crippen LogP contribution is -2.38. The van der Waals surface area contributed by atoms with Crippen molar-refractivity contribution in [1.29, 1.82) is 0 Å². The Hall–Kier alpha value is -2.54. The van der Waals surface area contributed by atoms with Crippen LogP contribution in [-0.4, -0.2) is 38.9 Å². The number of benzene rings is 1. The third-order valence-corrected chi connectivity index (χ3v) is 4.02. The molecule has 1 aromatic heterocycles. The Balaban J connectivity index is 1.48. The first-order chi connectivity index (χ1) is 11.2. The summed E-state index contributed by atoms with van der Waals surface area (Å²) in [7, 11) is 0. The predicted octanol–water partition coefficient (Wildman–Crippen LogP) is 2.46. The fourth-order valence-electron chi connectivity index (χ4n) is 2.75. The lowest BCUT2D eigenvalue weighted by atomic mass is 10.0. The molecule has 3 rings (SSSR count). The van der Waals surface area contributed by atoms with Crippen LogP contribution in [0, 0.1) is 10.1 Å². The molecule has 0 bridgehead atoms. The second-order valence-electron chi connectivity index (χ2n) is 5.70. The fourth-order valence-corrected chi connectivity index (χ4v) is 2.75. The van der Waals surface area contributed by atoms with Gasteiger partial charge in [-0.15, -0.1) is 0 Å². The number of hydrogen-bond acceptors (Lipinski definition) is 6. The van der Waals surface area contributed by atoms with Gasteiger partial charge < -0.3 is 5.32 Å². The molecule has 1 aliphatic rings. The van der Waals surface area contributed by atoms with Crippen LogP contribution in [0.2, 0.25) is 0 Å². The molecule has 0 spiro atoms. The lowest BCUT2D eigenvalue weighted by molar-refractivity contribution is -0.385. The highest BCUT2D eigenvalue weighted by Gasteiger charge is 2.20. The first kappa shape index (κ1) is 15.4. The number of likely N-dealkylation sites (tertiary alicyclic amines) is 1. The van der Waals surface area contributed by atoms with E-state index in [-0.39, 0.29) is 5.69 Å². The zero-order valence-corrected chi connectivity index (χ0v) is 12.8.